The Balaban J connectivity index is 1.35. The van der Waals surface area contributed by atoms with Gasteiger partial charge in [-0.25, -0.2) is 19.6 Å². The van der Waals surface area contributed by atoms with E-state index in [9.17, 15) is 9.59 Å². The van der Waals surface area contributed by atoms with E-state index in [1.165, 1.54) is 6.33 Å². The topological polar surface area (TPSA) is 134 Å². The first kappa shape index (κ1) is 37.1. The summed E-state index contributed by atoms with van der Waals surface area (Å²) >= 11 is 2.27. The second-order valence-corrected chi connectivity index (χ2v) is 16.6. The van der Waals surface area contributed by atoms with Gasteiger partial charge in [0.15, 0.2) is 5.79 Å². The van der Waals surface area contributed by atoms with Crippen molar-refractivity contribution in [1.29, 1.82) is 0 Å². The molecular weight excluding hydrogens is 739 g/mol. The summed E-state index contributed by atoms with van der Waals surface area (Å²) in [5.41, 5.74) is 6.82. The number of aromatic nitrogens is 3. The van der Waals surface area contributed by atoms with Crippen molar-refractivity contribution in [1.82, 2.24) is 24.3 Å². The van der Waals surface area contributed by atoms with E-state index < -0.39 is 23.1 Å². The molecule has 0 unspecified atom stereocenters. The van der Waals surface area contributed by atoms with Gasteiger partial charge >= 0.3 is 12.2 Å². The van der Waals surface area contributed by atoms with Gasteiger partial charge in [-0.05, 0) is 103 Å². The molecule has 2 aromatic heterocycles. The molecule has 1 aromatic carbocycles. The summed E-state index contributed by atoms with van der Waals surface area (Å²) in [5.74, 6) is -0.415. The lowest BCUT2D eigenvalue weighted by atomic mass is 10.0. The largest absolute Gasteiger partial charge is 0.444 e. The van der Waals surface area contributed by atoms with E-state index in [4.69, 9.17) is 24.7 Å². The third-order valence-electron chi connectivity index (χ3n) is 8.63. The van der Waals surface area contributed by atoms with Gasteiger partial charge in [-0.3, -0.25) is 0 Å². The van der Waals surface area contributed by atoms with Crippen LogP contribution >= 0.6 is 22.6 Å². The van der Waals surface area contributed by atoms with Crippen LogP contribution in [0, 0.1) is 9.49 Å². The van der Waals surface area contributed by atoms with E-state index in [0.29, 0.717) is 51.3 Å². The normalized spacial score (nSPS) is 21.8. The van der Waals surface area contributed by atoms with Crippen LogP contribution in [0.3, 0.4) is 0 Å². The number of carbonyl (C=O) groups excluding carboxylic acids is 2. The highest BCUT2D eigenvalue weighted by molar-refractivity contribution is 14.1. The minimum Gasteiger partial charge on any atom is -0.444 e. The maximum atomic E-state index is 13.7. The van der Waals surface area contributed by atoms with Crippen LogP contribution in [-0.4, -0.2) is 91.9 Å². The molecule has 1 aliphatic heterocycles. The molecule has 0 radical (unpaired) electrons. The molecule has 0 spiro atoms. The minimum atomic E-state index is -0.792. The molecule has 3 heterocycles. The molecular formula is C36H51IN6O6. The number of carbonyl (C=O) groups is 2. The summed E-state index contributed by atoms with van der Waals surface area (Å²) < 4.78 is 27.8. The lowest BCUT2D eigenvalue weighted by molar-refractivity contribution is -0.160. The van der Waals surface area contributed by atoms with Gasteiger partial charge in [-0.15, -0.1) is 0 Å². The number of amides is 2. The summed E-state index contributed by atoms with van der Waals surface area (Å²) in [6.45, 7) is 16.7. The Morgan fingerprint density at radius 2 is 1.57 bits per heavy atom. The molecule has 1 aliphatic carbocycles. The Hall–Kier alpha value is -3.17. The maximum absolute atomic E-state index is 13.7. The Labute approximate surface area is 303 Å². The zero-order valence-corrected chi connectivity index (χ0v) is 32.1. The van der Waals surface area contributed by atoms with Gasteiger partial charge in [0.25, 0.3) is 0 Å². The van der Waals surface area contributed by atoms with Crippen LogP contribution in [-0.2, 0) is 25.4 Å². The predicted octanol–water partition coefficient (Wildman–Crippen LogP) is 6.81. The molecule has 13 heteroatoms. The van der Waals surface area contributed by atoms with E-state index in [-0.39, 0.29) is 30.3 Å². The molecule has 49 heavy (non-hydrogen) atoms. The monoisotopic (exact) mass is 790 g/mol. The number of nitrogen functional groups attached to an aromatic ring is 1. The number of nitrogens with zero attached hydrogens (tertiary/aromatic N) is 5. The molecule has 12 nitrogen and oxygen atoms in total. The Morgan fingerprint density at radius 1 is 0.959 bits per heavy atom. The van der Waals surface area contributed by atoms with Crippen molar-refractivity contribution in [2.75, 3.05) is 31.9 Å². The zero-order chi connectivity index (χ0) is 35.7. The Kier molecular flexibility index (Phi) is 11.0. The van der Waals surface area contributed by atoms with Crippen LogP contribution in [0.15, 0.2) is 42.9 Å². The van der Waals surface area contributed by atoms with Crippen molar-refractivity contribution >= 4 is 51.6 Å². The van der Waals surface area contributed by atoms with E-state index >= 15 is 0 Å². The van der Waals surface area contributed by atoms with Gasteiger partial charge in [-0.1, -0.05) is 30.3 Å². The number of anilines is 1. The number of rotatable bonds is 10. The van der Waals surface area contributed by atoms with E-state index in [2.05, 4.69) is 49.3 Å². The fraction of sp³-hybridized carbons (Fsp3) is 0.611. The van der Waals surface area contributed by atoms with Gasteiger partial charge in [0.1, 0.15) is 35.1 Å². The smallest absolute Gasteiger partial charge is 0.410 e. The first-order valence-electron chi connectivity index (χ1n) is 17.0. The fourth-order valence-corrected chi connectivity index (χ4v) is 7.49. The molecule has 5 rings (SSSR count). The van der Waals surface area contributed by atoms with Crippen LogP contribution in [0.4, 0.5) is 15.4 Å². The summed E-state index contributed by atoms with van der Waals surface area (Å²) in [7, 11) is 0. The average Bonchev–Trinajstić information content (AvgIpc) is 3.61. The van der Waals surface area contributed by atoms with Gasteiger partial charge in [-0.2, -0.15) is 0 Å². The summed E-state index contributed by atoms with van der Waals surface area (Å²) in [6.07, 6.45) is 4.15. The summed E-state index contributed by atoms with van der Waals surface area (Å²) in [6, 6.07) is 9.97. The molecule has 2 N–H and O–H groups in total. The first-order valence-corrected chi connectivity index (χ1v) is 18.1. The molecule has 2 amide bonds. The van der Waals surface area contributed by atoms with E-state index in [1.807, 2.05) is 79.8 Å². The van der Waals surface area contributed by atoms with E-state index in [0.717, 1.165) is 20.2 Å². The highest BCUT2D eigenvalue weighted by atomic mass is 127. The minimum absolute atomic E-state index is 0.0568. The molecule has 268 valence electrons. The number of nitrogens with two attached hydrogens (primary N) is 1. The van der Waals surface area contributed by atoms with Crippen molar-refractivity contribution in [2.24, 2.45) is 5.92 Å². The van der Waals surface area contributed by atoms with Crippen LogP contribution < -0.4 is 5.73 Å². The standard InChI is InChI=1S/C36H51IN6O6/c1-34(2,3)48-32(44)41(18-15-23-13-10-9-11-14-23)16-12-17-42(33(45)49-35(4,5)6)20-24-19-26(29-28(24)46-36(7,8)47-29)43-21-25(37)27-30(38)39-22-40-31(27)43/h9-11,13-14,21-22,24,26,28-29H,12,15-20H2,1-8H3,(H2,38,39,40)/t24-,26-,28-,29+/m1/s1. The maximum Gasteiger partial charge on any atom is 0.410 e. The van der Waals surface area contributed by atoms with Crippen molar-refractivity contribution in [3.63, 3.8) is 0 Å². The fourth-order valence-electron chi connectivity index (χ4n) is 6.67. The average molecular weight is 791 g/mol. The van der Waals surface area contributed by atoms with Crippen LogP contribution in [0.5, 0.6) is 0 Å². The number of fused-ring (bicyclic) bond motifs is 2. The molecule has 3 aromatic rings. The molecule has 1 saturated heterocycles. The van der Waals surface area contributed by atoms with Gasteiger partial charge in [0.05, 0.1) is 17.5 Å². The van der Waals surface area contributed by atoms with Gasteiger partial charge < -0.3 is 39.0 Å². The highest BCUT2D eigenvalue weighted by Crippen LogP contribution is 2.48. The Bertz CT molecular complexity index is 1620. The van der Waals surface area contributed by atoms with Crippen molar-refractivity contribution < 1.29 is 28.5 Å². The molecule has 2 fully saturated rings. The highest BCUT2D eigenvalue weighted by Gasteiger charge is 2.55. The molecule has 0 bridgehead atoms. The number of hydrogen-bond donors (Lipinski definition) is 1. The number of halogens is 1. The molecule has 1 saturated carbocycles. The van der Waals surface area contributed by atoms with Crippen molar-refractivity contribution in [3.05, 3.63) is 52.0 Å². The Morgan fingerprint density at radius 3 is 2.22 bits per heavy atom. The third-order valence-corrected chi connectivity index (χ3v) is 9.45. The quantitative estimate of drug-likeness (QED) is 0.220. The predicted molar refractivity (Wildman–Crippen MR) is 196 cm³/mol. The zero-order valence-electron chi connectivity index (χ0n) is 29.9. The van der Waals surface area contributed by atoms with Crippen LogP contribution in [0.2, 0.25) is 0 Å². The van der Waals surface area contributed by atoms with Crippen molar-refractivity contribution in [2.45, 2.75) is 110 Å². The summed E-state index contributed by atoms with van der Waals surface area (Å²) in [5, 5.41) is 0.818. The number of ether oxygens (including phenoxy) is 4. The lowest BCUT2D eigenvalue weighted by Crippen LogP contribution is -2.44. The van der Waals surface area contributed by atoms with Gasteiger partial charge in [0, 0.05) is 41.9 Å². The molecule has 4 atom stereocenters. The van der Waals surface area contributed by atoms with Crippen LogP contribution in [0.1, 0.15) is 79.8 Å². The van der Waals surface area contributed by atoms with Gasteiger partial charge in [0.2, 0.25) is 0 Å². The third kappa shape index (κ3) is 9.34. The van der Waals surface area contributed by atoms with Crippen molar-refractivity contribution in [3.8, 4) is 0 Å². The van der Waals surface area contributed by atoms with E-state index in [1.54, 1.807) is 9.80 Å². The number of hydrogen-bond acceptors (Lipinski definition) is 9. The first-order chi connectivity index (χ1) is 22.9. The lowest BCUT2D eigenvalue weighted by Gasteiger charge is -2.32. The SMILES string of the molecule is CC(C)(C)OC(=O)N(CCCN(C[C@H]1C[C@@H](n2cc(I)c3c(N)ncnc32)[C@@H]2OC(C)(C)O[C@H]12)C(=O)OC(C)(C)C)CCc1ccccc1. The summed E-state index contributed by atoms with van der Waals surface area (Å²) in [4.78, 5) is 39.3. The van der Waals surface area contributed by atoms with Crippen LogP contribution in [0.25, 0.3) is 11.0 Å². The second kappa shape index (κ2) is 14.6. The second-order valence-electron chi connectivity index (χ2n) is 15.5. The number of benzene rings is 1. The molecule has 2 aliphatic rings.